The highest BCUT2D eigenvalue weighted by atomic mass is 16.5. The van der Waals surface area contributed by atoms with Crippen molar-refractivity contribution in [2.75, 3.05) is 46.4 Å². The lowest BCUT2D eigenvalue weighted by Gasteiger charge is -2.39. The van der Waals surface area contributed by atoms with Gasteiger partial charge >= 0.3 is 0 Å². The summed E-state index contributed by atoms with van der Waals surface area (Å²) >= 11 is 0. The number of piperazine rings is 1. The van der Waals surface area contributed by atoms with Gasteiger partial charge in [0.15, 0.2) is 0 Å². The van der Waals surface area contributed by atoms with Gasteiger partial charge in [-0.15, -0.1) is 0 Å². The maximum Gasteiger partial charge on any atom is 0.219 e. The molecule has 0 aromatic heterocycles. The second-order valence-corrected chi connectivity index (χ2v) is 7.60. The summed E-state index contributed by atoms with van der Waals surface area (Å²) < 4.78 is 5.54. The fraction of sp³-hybridized carbons (Fsp3) is 0.650. The Labute approximate surface area is 151 Å². The van der Waals surface area contributed by atoms with E-state index in [-0.39, 0.29) is 5.91 Å². The predicted octanol–water partition coefficient (Wildman–Crippen LogP) is 1.99. The van der Waals surface area contributed by atoms with Gasteiger partial charge in [-0.25, -0.2) is 0 Å². The number of hydrogen-bond acceptors (Lipinski definition) is 4. The summed E-state index contributed by atoms with van der Waals surface area (Å²) in [5.74, 6) is 1.84. The van der Waals surface area contributed by atoms with Crippen LogP contribution in [0.5, 0.6) is 5.75 Å². The third-order valence-electron chi connectivity index (χ3n) is 5.71. The number of benzene rings is 1. The average molecular weight is 345 g/mol. The number of carbonyl (C=O) groups is 1. The molecule has 5 heteroatoms. The van der Waals surface area contributed by atoms with E-state index in [2.05, 4.69) is 41.8 Å². The molecule has 2 atom stereocenters. The summed E-state index contributed by atoms with van der Waals surface area (Å²) in [6.07, 6.45) is 0. The van der Waals surface area contributed by atoms with Gasteiger partial charge in [0.2, 0.25) is 5.91 Å². The van der Waals surface area contributed by atoms with E-state index in [1.54, 1.807) is 14.0 Å². The number of rotatable bonds is 4. The third kappa shape index (κ3) is 4.15. The van der Waals surface area contributed by atoms with Gasteiger partial charge in [0.1, 0.15) is 5.75 Å². The smallest absolute Gasteiger partial charge is 0.219 e. The third-order valence-corrected chi connectivity index (χ3v) is 5.71. The first-order valence-electron chi connectivity index (χ1n) is 9.33. The lowest BCUT2D eigenvalue weighted by atomic mass is 10.0. The number of likely N-dealkylation sites (tertiary alicyclic amines) is 1. The molecule has 138 valence electrons. The van der Waals surface area contributed by atoms with Crippen LogP contribution in [0.4, 0.5) is 0 Å². The molecule has 2 aliphatic heterocycles. The van der Waals surface area contributed by atoms with Gasteiger partial charge < -0.3 is 9.64 Å². The molecule has 0 aliphatic carbocycles. The van der Waals surface area contributed by atoms with Crippen molar-refractivity contribution < 1.29 is 9.53 Å². The minimum absolute atomic E-state index is 0.201. The van der Waals surface area contributed by atoms with Crippen molar-refractivity contribution in [3.05, 3.63) is 29.3 Å². The Hall–Kier alpha value is -1.59. The van der Waals surface area contributed by atoms with Crippen LogP contribution in [0.1, 0.15) is 25.0 Å². The quantitative estimate of drug-likeness (QED) is 0.836. The van der Waals surface area contributed by atoms with E-state index in [0.717, 1.165) is 51.6 Å². The minimum Gasteiger partial charge on any atom is -0.496 e. The summed E-state index contributed by atoms with van der Waals surface area (Å²) in [6, 6.07) is 7.00. The Morgan fingerprint density at radius 2 is 1.92 bits per heavy atom. The van der Waals surface area contributed by atoms with Crippen LogP contribution in [0.2, 0.25) is 0 Å². The molecule has 1 amide bonds. The molecule has 5 nitrogen and oxygen atoms in total. The Morgan fingerprint density at radius 1 is 1.20 bits per heavy atom. The SMILES string of the molecule is COc1ccc(C)cc1CN1C[C@@H](C)[C@H](N2CCN(C(C)=O)CC2)C1. The summed E-state index contributed by atoms with van der Waals surface area (Å²) in [7, 11) is 1.75. The van der Waals surface area contributed by atoms with Crippen LogP contribution in [-0.2, 0) is 11.3 Å². The van der Waals surface area contributed by atoms with Crippen LogP contribution in [-0.4, -0.2) is 73.0 Å². The normalized spacial score (nSPS) is 25.4. The van der Waals surface area contributed by atoms with E-state index < -0.39 is 0 Å². The summed E-state index contributed by atoms with van der Waals surface area (Å²) in [4.78, 5) is 18.6. The predicted molar refractivity (Wildman–Crippen MR) is 99.8 cm³/mol. The highest BCUT2D eigenvalue weighted by molar-refractivity contribution is 5.73. The van der Waals surface area contributed by atoms with Crippen LogP contribution in [0.25, 0.3) is 0 Å². The van der Waals surface area contributed by atoms with Crippen LogP contribution in [0.3, 0.4) is 0 Å². The average Bonchev–Trinajstić information content (AvgIpc) is 2.95. The van der Waals surface area contributed by atoms with E-state index >= 15 is 0 Å². The molecule has 0 radical (unpaired) electrons. The second kappa shape index (κ2) is 7.75. The molecule has 3 rings (SSSR count). The first-order chi connectivity index (χ1) is 12.0. The van der Waals surface area contributed by atoms with Crippen molar-refractivity contribution in [2.45, 2.75) is 33.4 Å². The molecule has 0 N–H and O–H groups in total. The fourth-order valence-corrected chi connectivity index (χ4v) is 4.29. The zero-order valence-electron chi connectivity index (χ0n) is 16.0. The van der Waals surface area contributed by atoms with Gasteiger partial charge in [-0.05, 0) is 18.9 Å². The van der Waals surface area contributed by atoms with Crippen molar-refractivity contribution in [2.24, 2.45) is 5.92 Å². The summed E-state index contributed by atoms with van der Waals surface area (Å²) in [5.41, 5.74) is 2.55. The first kappa shape index (κ1) is 18.2. The largest absolute Gasteiger partial charge is 0.496 e. The molecule has 2 aliphatic rings. The zero-order valence-corrected chi connectivity index (χ0v) is 16.0. The van der Waals surface area contributed by atoms with E-state index in [1.165, 1.54) is 11.1 Å². The molecule has 2 fully saturated rings. The van der Waals surface area contributed by atoms with Gasteiger partial charge in [0.05, 0.1) is 7.11 Å². The molecule has 0 bridgehead atoms. The number of ether oxygens (including phenoxy) is 1. The van der Waals surface area contributed by atoms with Crippen LogP contribution >= 0.6 is 0 Å². The standard InChI is InChI=1S/C20H31N3O2/c1-15-5-6-20(25-4)18(11-15)13-21-12-16(2)19(14-21)23-9-7-22(8-10-23)17(3)24/h5-6,11,16,19H,7-10,12-14H2,1-4H3/t16-,19-/m1/s1. The highest BCUT2D eigenvalue weighted by Gasteiger charge is 2.35. The number of carbonyl (C=O) groups excluding carboxylic acids is 1. The molecule has 2 saturated heterocycles. The molecular weight excluding hydrogens is 314 g/mol. The number of aryl methyl sites for hydroxylation is 1. The van der Waals surface area contributed by atoms with E-state index in [0.29, 0.717) is 12.0 Å². The number of nitrogens with zero attached hydrogens (tertiary/aromatic N) is 3. The molecular formula is C20H31N3O2. The van der Waals surface area contributed by atoms with Crippen molar-refractivity contribution in [3.63, 3.8) is 0 Å². The van der Waals surface area contributed by atoms with Gasteiger partial charge in [0, 0.05) is 64.3 Å². The van der Waals surface area contributed by atoms with E-state index in [4.69, 9.17) is 4.74 Å². The molecule has 1 aromatic rings. The van der Waals surface area contributed by atoms with Crippen molar-refractivity contribution in [1.29, 1.82) is 0 Å². The molecule has 0 saturated carbocycles. The number of methoxy groups -OCH3 is 1. The Bertz CT molecular complexity index is 611. The summed E-state index contributed by atoms with van der Waals surface area (Å²) in [6.45, 7) is 13.0. The van der Waals surface area contributed by atoms with Crippen LogP contribution in [0, 0.1) is 12.8 Å². The van der Waals surface area contributed by atoms with Crippen LogP contribution in [0.15, 0.2) is 18.2 Å². The zero-order chi connectivity index (χ0) is 18.0. The van der Waals surface area contributed by atoms with Gasteiger partial charge in [0.25, 0.3) is 0 Å². The molecule has 0 spiro atoms. The van der Waals surface area contributed by atoms with Crippen molar-refractivity contribution >= 4 is 5.91 Å². The Balaban J connectivity index is 1.60. The van der Waals surface area contributed by atoms with Gasteiger partial charge in [-0.3, -0.25) is 14.6 Å². The fourth-order valence-electron chi connectivity index (χ4n) is 4.29. The maximum absolute atomic E-state index is 11.5. The minimum atomic E-state index is 0.201. The monoisotopic (exact) mass is 345 g/mol. The van der Waals surface area contributed by atoms with Crippen LogP contribution < -0.4 is 4.74 Å². The van der Waals surface area contributed by atoms with Crippen molar-refractivity contribution in [3.8, 4) is 5.75 Å². The second-order valence-electron chi connectivity index (χ2n) is 7.60. The highest BCUT2D eigenvalue weighted by Crippen LogP contribution is 2.27. The Kier molecular flexibility index (Phi) is 5.64. The molecule has 0 unspecified atom stereocenters. The first-order valence-corrected chi connectivity index (χ1v) is 9.33. The number of hydrogen-bond donors (Lipinski definition) is 0. The lowest BCUT2D eigenvalue weighted by molar-refractivity contribution is -0.130. The summed E-state index contributed by atoms with van der Waals surface area (Å²) in [5, 5.41) is 0. The van der Waals surface area contributed by atoms with Crippen molar-refractivity contribution in [1.82, 2.24) is 14.7 Å². The molecule has 2 heterocycles. The topological polar surface area (TPSA) is 36.0 Å². The lowest BCUT2D eigenvalue weighted by Crippen LogP contribution is -2.53. The van der Waals surface area contributed by atoms with E-state index in [9.17, 15) is 4.79 Å². The maximum atomic E-state index is 11.5. The Morgan fingerprint density at radius 3 is 2.56 bits per heavy atom. The van der Waals surface area contributed by atoms with Gasteiger partial charge in [-0.2, -0.15) is 0 Å². The molecule has 1 aromatic carbocycles. The number of amides is 1. The van der Waals surface area contributed by atoms with Gasteiger partial charge in [-0.1, -0.05) is 24.6 Å². The van der Waals surface area contributed by atoms with E-state index in [1.807, 2.05) is 4.90 Å². The molecule has 25 heavy (non-hydrogen) atoms.